The molecule has 0 aliphatic carbocycles. The Hall–Kier alpha value is -1.42. The third-order valence-corrected chi connectivity index (χ3v) is 3.35. The summed E-state index contributed by atoms with van der Waals surface area (Å²) in [5.74, 6) is -0.00363. The highest BCUT2D eigenvalue weighted by atomic mass is 19.1. The first kappa shape index (κ1) is 12.0. The number of nitrogens with zero attached hydrogens (tertiary/aromatic N) is 2. The van der Waals surface area contributed by atoms with Crippen LogP contribution < -0.4 is 0 Å². The predicted octanol–water partition coefficient (Wildman–Crippen LogP) is 2.35. The van der Waals surface area contributed by atoms with Crippen LogP contribution in [0.2, 0.25) is 0 Å². The minimum absolute atomic E-state index is 0.265. The van der Waals surface area contributed by atoms with E-state index in [1.807, 2.05) is 0 Å². The lowest BCUT2D eigenvalue weighted by atomic mass is 9.88. The highest BCUT2D eigenvalue weighted by molar-refractivity contribution is 6.01. The summed E-state index contributed by atoms with van der Waals surface area (Å²) in [4.78, 5) is 2.26. The largest absolute Gasteiger partial charge is 0.411 e. The van der Waals surface area contributed by atoms with E-state index in [9.17, 15) is 4.39 Å². The van der Waals surface area contributed by atoms with Gasteiger partial charge in [-0.1, -0.05) is 17.3 Å². The topological polar surface area (TPSA) is 35.8 Å². The molecule has 0 radical (unpaired) electrons. The summed E-state index contributed by atoms with van der Waals surface area (Å²) in [6.07, 6.45) is 1.96. The summed E-state index contributed by atoms with van der Waals surface area (Å²) in [6, 6.07) is 6.14. The van der Waals surface area contributed by atoms with E-state index in [2.05, 4.69) is 17.1 Å². The fourth-order valence-corrected chi connectivity index (χ4v) is 2.28. The van der Waals surface area contributed by atoms with E-state index in [-0.39, 0.29) is 11.7 Å². The average Bonchev–Trinajstić information content (AvgIpc) is 2.35. The van der Waals surface area contributed by atoms with Crippen LogP contribution in [0.5, 0.6) is 0 Å². The summed E-state index contributed by atoms with van der Waals surface area (Å²) in [5, 5.41) is 12.6. The molecule has 1 aliphatic rings. The molecule has 1 aromatic carbocycles. The molecule has 0 atom stereocenters. The van der Waals surface area contributed by atoms with E-state index in [0.29, 0.717) is 5.71 Å². The Morgan fingerprint density at radius 1 is 1.29 bits per heavy atom. The standard InChI is InChI=1S/C13H17FN2O/c1-16-8-6-11(7-9-16)13(15-17)10-2-4-12(14)5-3-10/h2-5,11,17H,6-9H2,1H3/b15-13+. The van der Waals surface area contributed by atoms with Gasteiger partial charge in [0.1, 0.15) is 5.82 Å². The first-order valence-electron chi connectivity index (χ1n) is 5.87. The molecule has 1 aromatic rings. The van der Waals surface area contributed by atoms with Crippen LogP contribution in [0.1, 0.15) is 18.4 Å². The Labute approximate surface area is 101 Å². The Balaban J connectivity index is 2.14. The summed E-state index contributed by atoms with van der Waals surface area (Å²) in [6.45, 7) is 2.01. The van der Waals surface area contributed by atoms with E-state index in [4.69, 9.17) is 5.21 Å². The van der Waals surface area contributed by atoms with Crippen molar-refractivity contribution in [1.29, 1.82) is 0 Å². The Morgan fingerprint density at radius 3 is 2.41 bits per heavy atom. The molecule has 0 aromatic heterocycles. The maximum Gasteiger partial charge on any atom is 0.123 e. The Kier molecular flexibility index (Phi) is 3.74. The Morgan fingerprint density at radius 2 is 1.88 bits per heavy atom. The lowest BCUT2D eigenvalue weighted by molar-refractivity contribution is 0.246. The number of hydrogen-bond acceptors (Lipinski definition) is 3. The molecule has 17 heavy (non-hydrogen) atoms. The molecule has 3 nitrogen and oxygen atoms in total. The van der Waals surface area contributed by atoms with Crippen LogP contribution in [0.15, 0.2) is 29.4 Å². The molecule has 0 spiro atoms. The van der Waals surface area contributed by atoms with Gasteiger partial charge in [-0.05, 0) is 50.7 Å². The van der Waals surface area contributed by atoms with E-state index in [0.717, 1.165) is 31.5 Å². The smallest absolute Gasteiger partial charge is 0.123 e. The first-order chi connectivity index (χ1) is 8.20. The second-order valence-corrected chi connectivity index (χ2v) is 4.57. The third kappa shape index (κ3) is 2.82. The van der Waals surface area contributed by atoms with Gasteiger partial charge in [-0.15, -0.1) is 0 Å². The summed E-state index contributed by atoms with van der Waals surface area (Å²) in [7, 11) is 2.09. The van der Waals surface area contributed by atoms with Crippen molar-refractivity contribution >= 4 is 5.71 Å². The van der Waals surface area contributed by atoms with E-state index < -0.39 is 0 Å². The molecule has 1 aliphatic heterocycles. The molecule has 92 valence electrons. The monoisotopic (exact) mass is 236 g/mol. The van der Waals surface area contributed by atoms with Crippen LogP contribution in [0.25, 0.3) is 0 Å². The molecule has 2 rings (SSSR count). The van der Waals surface area contributed by atoms with Crippen molar-refractivity contribution in [2.75, 3.05) is 20.1 Å². The van der Waals surface area contributed by atoms with E-state index in [1.165, 1.54) is 12.1 Å². The van der Waals surface area contributed by atoms with Crippen molar-refractivity contribution in [1.82, 2.24) is 4.90 Å². The molecular weight excluding hydrogens is 219 g/mol. The molecule has 1 N–H and O–H groups in total. The summed E-state index contributed by atoms with van der Waals surface area (Å²) in [5.41, 5.74) is 1.49. The van der Waals surface area contributed by atoms with Crippen LogP contribution >= 0.6 is 0 Å². The van der Waals surface area contributed by atoms with Crippen molar-refractivity contribution in [2.45, 2.75) is 12.8 Å². The highest BCUT2D eigenvalue weighted by Crippen LogP contribution is 2.21. The lowest BCUT2D eigenvalue weighted by Crippen LogP contribution is -2.33. The van der Waals surface area contributed by atoms with Gasteiger partial charge in [-0.25, -0.2) is 4.39 Å². The summed E-state index contributed by atoms with van der Waals surface area (Å²) >= 11 is 0. The van der Waals surface area contributed by atoms with Crippen LogP contribution in [0.3, 0.4) is 0 Å². The van der Waals surface area contributed by atoms with Gasteiger partial charge in [0, 0.05) is 5.92 Å². The molecule has 1 saturated heterocycles. The quantitative estimate of drug-likeness (QED) is 0.486. The minimum atomic E-state index is -0.269. The van der Waals surface area contributed by atoms with Crippen LogP contribution in [0.4, 0.5) is 4.39 Å². The van der Waals surface area contributed by atoms with Gasteiger partial charge in [0.15, 0.2) is 0 Å². The van der Waals surface area contributed by atoms with Crippen LogP contribution in [0, 0.1) is 11.7 Å². The van der Waals surface area contributed by atoms with Gasteiger partial charge >= 0.3 is 0 Å². The molecule has 4 heteroatoms. The lowest BCUT2D eigenvalue weighted by Gasteiger charge is -2.29. The second kappa shape index (κ2) is 5.27. The maximum absolute atomic E-state index is 12.8. The number of rotatable bonds is 2. The van der Waals surface area contributed by atoms with E-state index in [1.54, 1.807) is 12.1 Å². The van der Waals surface area contributed by atoms with Gasteiger partial charge in [0.05, 0.1) is 5.71 Å². The zero-order valence-electron chi connectivity index (χ0n) is 9.93. The second-order valence-electron chi connectivity index (χ2n) is 4.57. The minimum Gasteiger partial charge on any atom is -0.411 e. The fraction of sp³-hybridized carbons (Fsp3) is 0.462. The number of oxime groups is 1. The van der Waals surface area contributed by atoms with Crippen molar-refractivity contribution in [2.24, 2.45) is 11.1 Å². The first-order valence-corrected chi connectivity index (χ1v) is 5.87. The van der Waals surface area contributed by atoms with Gasteiger partial charge in [-0.3, -0.25) is 0 Å². The van der Waals surface area contributed by atoms with Crippen molar-refractivity contribution in [3.05, 3.63) is 35.6 Å². The average molecular weight is 236 g/mol. The molecule has 0 unspecified atom stereocenters. The molecule has 1 fully saturated rings. The van der Waals surface area contributed by atoms with Crippen LogP contribution in [-0.4, -0.2) is 36.0 Å². The maximum atomic E-state index is 12.8. The van der Waals surface area contributed by atoms with Crippen LogP contribution in [-0.2, 0) is 0 Å². The number of benzene rings is 1. The van der Waals surface area contributed by atoms with Gasteiger partial charge in [0.2, 0.25) is 0 Å². The zero-order chi connectivity index (χ0) is 12.3. The number of hydrogen-bond donors (Lipinski definition) is 1. The number of likely N-dealkylation sites (tertiary alicyclic amines) is 1. The van der Waals surface area contributed by atoms with Gasteiger partial charge < -0.3 is 10.1 Å². The normalized spacial score (nSPS) is 19.5. The molecule has 0 saturated carbocycles. The molecule has 1 heterocycles. The van der Waals surface area contributed by atoms with Gasteiger partial charge in [-0.2, -0.15) is 0 Å². The summed E-state index contributed by atoms with van der Waals surface area (Å²) < 4.78 is 12.8. The van der Waals surface area contributed by atoms with E-state index >= 15 is 0 Å². The SMILES string of the molecule is CN1CCC(/C(=N/O)c2ccc(F)cc2)CC1. The predicted molar refractivity (Wildman–Crippen MR) is 64.9 cm³/mol. The molecule has 0 bridgehead atoms. The molecular formula is C13H17FN2O. The fourth-order valence-electron chi connectivity index (χ4n) is 2.28. The molecule has 0 amide bonds. The number of piperidine rings is 1. The van der Waals surface area contributed by atoms with Crippen molar-refractivity contribution in [3.8, 4) is 0 Å². The Bertz CT molecular complexity index is 394. The highest BCUT2D eigenvalue weighted by Gasteiger charge is 2.23. The van der Waals surface area contributed by atoms with Gasteiger partial charge in [0.25, 0.3) is 0 Å². The number of halogens is 1. The third-order valence-electron chi connectivity index (χ3n) is 3.35. The van der Waals surface area contributed by atoms with Crippen molar-refractivity contribution in [3.63, 3.8) is 0 Å². The zero-order valence-corrected chi connectivity index (χ0v) is 9.93. The van der Waals surface area contributed by atoms with Crippen molar-refractivity contribution < 1.29 is 9.60 Å².